The molecule has 0 radical (unpaired) electrons. The van der Waals surface area contributed by atoms with Crippen molar-refractivity contribution in [1.82, 2.24) is 4.90 Å². The number of para-hydroxylation sites is 1. The van der Waals surface area contributed by atoms with Gasteiger partial charge in [0.2, 0.25) is 0 Å². The summed E-state index contributed by atoms with van der Waals surface area (Å²) < 4.78 is 1.01. The van der Waals surface area contributed by atoms with Crippen molar-refractivity contribution in [3.05, 3.63) is 28.7 Å². The van der Waals surface area contributed by atoms with Gasteiger partial charge in [-0.1, -0.05) is 26.0 Å². The normalized spacial score (nSPS) is 18.8. The molecular weight excluding hydrogens is 314 g/mol. The molecule has 1 heterocycles. The highest BCUT2D eigenvalue weighted by atomic mass is 79.9. The van der Waals surface area contributed by atoms with E-state index in [4.69, 9.17) is 0 Å². The zero-order chi connectivity index (χ0) is 14.6. The third kappa shape index (κ3) is 3.74. The Kier molecular flexibility index (Phi) is 5.06. The van der Waals surface area contributed by atoms with Crippen molar-refractivity contribution < 1.29 is 0 Å². The molecule has 1 saturated heterocycles. The summed E-state index contributed by atoms with van der Waals surface area (Å²) in [6, 6.07) is 10.5. The van der Waals surface area contributed by atoms with Gasteiger partial charge in [-0.3, -0.25) is 0 Å². The number of nitriles is 1. The lowest BCUT2D eigenvalue weighted by molar-refractivity contribution is 0.179. The molecule has 0 saturated carbocycles. The van der Waals surface area contributed by atoms with Crippen molar-refractivity contribution >= 4 is 21.6 Å². The predicted molar refractivity (Wildman–Crippen MR) is 86.6 cm³/mol. The molecule has 20 heavy (non-hydrogen) atoms. The maximum atomic E-state index is 9.62. The Hall–Kier alpha value is -1.05. The first-order chi connectivity index (χ1) is 9.54. The Bertz CT molecular complexity index is 485. The van der Waals surface area contributed by atoms with E-state index in [9.17, 15) is 5.26 Å². The van der Waals surface area contributed by atoms with E-state index in [2.05, 4.69) is 46.1 Å². The number of likely N-dealkylation sites (tertiary alicyclic amines) is 1. The second-order valence-electron chi connectivity index (χ2n) is 5.99. The molecule has 1 aliphatic rings. The molecule has 1 aliphatic heterocycles. The number of nitrogens with zero attached hydrogens (tertiary/aromatic N) is 2. The van der Waals surface area contributed by atoms with Gasteiger partial charge in [-0.2, -0.15) is 5.26 Å². The number of benzene rings is 1. The van der Waals surface area contributed by atoms with Crippen LogP contribution < -0.4 is 5.32 Å². The zero-order valence-electron chi connectivity index (χ0n) is 12.2. The van der Waals surface area contributed by atoms with Crippen molar-refractivity contribution in [2.45, 2.75) is 32.2 Å². The fraction of sp³-hybridized carbons (Fsp3) is 0.562. The van der Waals surface area contributed by atoms with Gasteiger partial charge in [-0.25, -0.2) is 0 Å². The number of piperidine rings is 1. The van der Waals surface area contributed by atoms with E-state index in [1.54, 1.807) is 0 Å². The average molecular weight is 336 g/mol. The lowest BCUT2D eigenvalue weighted by Crippen LogP contribution is -2.49. The summed E-state index contributed by atoms with van der Waals surface area (Å²) in [5.41, 5.74) is 0.573. The van der Waals surface area contributed by atoms with E-state index in [0.717, 1.165) is 42.6 Å². The Morgan fingerprint density at radius 3 is 2.55 bits per heavy atom. The molecule has 4 heteroatoms. The van der Waals surface area contributed by atoms with E-state index in [1.165, 1.54) is 0 Å². The summed E-state index contributed by atoms with van der Waals surface area (Å²) in [4.78, 5) is 2.46. The van der Waals surface area contributed by atoms with E-state index in [1.807, 2.05) is 24.3 Å². The molecule has 2 rings (SSSR count). The number of hydrogen-bond donors (Lipinski definition) is 1. The molecule has 1 fully saturated rings. The highest BCUT2D eigenvalue weighted by Crippen LogP contribution is 2.30. The number of halogens is 1. The maximum absolute atomic E-state index is 9.62. The molecule has 0 aromatic heterocycles. The first-order valence-electron chi connectivity index (χ1n) is 7.21. The van der Waals surface area contributed by atoms with E-state index in [0.29, 0.717) is 5.92 Å². The molecule has 1 aromatic carbocycles. The molecular formula is C16H22BrN3. The Balaban J connectivity index is 2.03. The fourth-order valence-electron chi connectivity index (χ4n) is 2.72. The van der Waals surface area contributed by atoms with E-state index >= 15 is 0 Å². The summed E-state index contributed by atoms with van der Waals surface area (Å²) in [6.07, 6.45) is 1.75. The lowest BCUT2D eigenvalue weighted by atomic mass is 9.88. The maximum Gasteiger partial charge on any atom is 0.127 e. The van der Waals surface area contributed by atoms with Gasteiger partial charge >= 0.3 is 0 Å². The summed E-state index contributed by atoms with van der Waals surface area (Å²) in [5.74, 6) is 0.681. The quantitative estimate of drug-likeness (QED) is 0.907. The Morgan fingerprint density at radius 2 is 2.00 bits per heavy atom. The number of hydrogen-bond acceptors (Lipinski definition) is 3. The van der Waals surface area contributed by atoms with Crippen LogP contribution in [0.4, 0.5) is 5.69 Å². The van der Waals surface area contributed by atoms with Crippen LogP contribution in [0, 0.1) is 17.2 Å². The van der Waals surface area contributed by atoms with Crippen LogP contribution in [-0.4, -0.2) is 30.1 Å². The van der Waals surface area contributed by atoms with Crippen LogP contribution in [0.1, 0.15) is 26.7 Å². The van der Waals surface area contributed by atoms with Crippen molar-refractivity contribution in [3.8, 4) is 6.07 Å². The van der Waals surface area contributed by atoms with Crippen molar-refractivity contribution in [2.24, 2.45) is 5.92 Å². The fourth-order valence-corrected chi connectivity index (χ4v) is 3.10. The first kappa shape index (κ1) is 15.3. The monoisotopic (exact) mass is 335 g/mol. The number of nitrogens with one attached hydrogen (secondary N) is 1. The van der Waals surface area contributed by atoms with Gasteiger partial charge < -0.3 is 10.2 Å². The summed E-state index contributed by atoms with van der Waals surface area (Å²) >= 11 is 3.54. The molecule has 0 unspecified atom stereocenters. The topological polar surface area (TPSA) is 39.1 Å². The van der Waals surface area contributed by atoms with E-state index in [-0.39, 0.29) is 0 Å². The Morgan fingerprint density at radius 1 is 1.35 bits per heavy atom. The van der Waals surface area contributed by atoms with Gasteiger partial charge in [0.25, 0.3) is 0 Å². The van der Waals surface area contributed by atoms with Gasteiger partial charge in [0.15, 0.2) is 0 Å². The predicted octanol–water partition coefficient (Wildman–Crippen LogP) is 3.88. The first-order valence-corrected chi connectivity index (χ1v) is 8.00. The molecule has 1 N–H and O–H groups in total. The van der Waals surface area contributed by atoms with Crippen molar-refractivity contribution in [1.29, 1.82) is 5.26 Å². The molecule has 3 nitrogen and oxygen atoms in total. The van der Waals surface area contributed by atoms with Crippen LogP contribution in [0.15, 0.2) is 28.7 Å². The highest BCUT2D eigenvalue weighted by molar-refractivity contribution is 9.10. The molecule has 108 valence electrons. The van der Waals surface area contributed by atoms with E-state index < -0.39 is 5.54 Å². The van der Waals surface area contributed by atoms with Crippen LogP contribution in [0.3, 0.4) is 0 Å². The summed E-state index contributed by atoms with van der Waals surface area (Å²) in [6.45, 7) is 7.58. The average Bonchev–Trinajstić information content (AvgIpc) is 2.43. The molecule has 1 aromatic rings. The van der Waals surface area contributed by atoms with Crippen molar-refractivity contribution in [2.75, 3.05) is 25.0 Å². The summed E-state index contributed by atoms with van der Waals surface area (Å²) in [5, 5.41) is 13.1. The van der Waals surface area contributed by atoms with Crippen LogP contribution >= 0.6 is 15.9 Å². The van der Waals surface area contributed by atoms with Crippen LogP contribution in [0.25, 0.3) is 0 Å². The molecule has 0 aliphatic carbocycles. The highest BCUT2D eigenvalue weighted by Gasteiger charge is 2.35. The van der Waals surface area contributed by atoms with Gasteiger partial charge in [-0.15, -0.1) is 0 Å². The molecule has 0 amide bonds. The largest absolute Gasteiger partial charge is 0.366 e. The van der Waals surface area contributed by atoms with Gasteiger partial charge in [0.1, 0.15) is 5.54 Å². The number of rotatable bonds is 4. The standard InChI is InChI=1S/C16H22BrN3/c1-13(2)11-20-9-7-16(12-18,8-10-20)19-15-6-4-3-5-14(15)17/h3-6,13,19H,7-11H2,1-2H3. The van der Waals surface area contributed by atoms with Crippen LogP contribution in [0.2, 0.25) is 0 Å². The van der Waals surface area contributed by atoms with Gasteiger partial charge in [-0.05, 0) is 46.8 Å². The molecule has 0 spiro atoms. The molecule has 0 atom stereocenters. The van der Waals surface area contributed by atoms with Crippen molar-refractivity contribution in [3.63, 3.8) is 0 Å². The van der Waals surface area contributed by atoms with Gasteiger partial charge in [0.05, 0.1) is 6.07 Å². The zero-order valence-corrected chi connectivity index (χ0v) is 13.8. The molecule has 0 bridgehead atoms. The van der Waals surface area contributed by atoms with Crippen LogP contribution in [0.5, 0.6) is 0 Å². The third-order valence-electron chi connectivity index (χ3n) is 3.79. The second kappa shape index (κ2) is 6.60. The Labute approximate surface area is 130 Å². The second-order valence-corrected chi connectivity index (χ2v) is 6.85. The smallest absolute Gasteiger partial charge is 0.127 e. The van der Waals surface area contributed by atoms with Crippen LogP contribution in [-0.2, 0) is 0 Å². The number of anilines is 1. The minimum Gasteiger partial charge on any atom is -0.366 e. The summed E-state index contributed by atoms with van der Waals surface area (Å²) in [7, 11) is 0. The minimum atomic E-state index is -0.433. The lowest BCUT2D eigenvalue weighted by Gasteiger charge is -2.39. The third-order valence-corrected chi connectivity index (χ3v) is 4.49. The SMILES string of the molecule is CC(C)CN1CCC(C#N)(Nc2ccccc2Br)CC1. The van der Waals surface area contributed by atoms with Gasteiger partial charge in [0, 0.05) is 29.8 Å². The minimum absolute atomic E-state index is 0.433.